The lowest BCUT2D eigenvalue weighted by Crippen LogP contribution is -2.55. The van der Waals surface area contributed by atoms with E-state index < -0.39 is 95.9 Å². The van der Waals surface area contributed by atoms with Crippen molar-refractivity contribution in [3.63, 3.8) is 0 Å². The fourth-order valence-corrected chi connectivity index (χ4v) is 13.4. The van der Waals surface area contributed by atoms with Crippen molar-refractivity contribution in [2.45, 2.75) is 164 Å². The molecule has 29 nitrogen and oxygen atoms in total. The van der Waals surface area contributed by atoms with Crippen LogP contribution in [0.3, 0.4) is 0 Å². The quantitative estimate of drug-likeness (QED) is 0.0203. The molecule has 488 valence electrons. The Morgan fingerprint density at radius 2 is 1.54 bits per heavy atom. The van der Waals surface area contributed by atoms with Crippen molar-refractivity contribution >= 4 is 93.4 Å². The maximum atomic E-state index is 14.0. The minimum absolute atomic E-state index is 0.0182. The third-order valence-electron chi connectivity index (χ3n) is 15.7. The van der Waals surface area contributed by atoms with Gasteiger partial charge in [-0.15, -0.1) is 22.7 Å². The molecule has 0 spiro atoms. The van der Waals surface area contributed by atoms with Crippen LogP contribution in [0.5, 0.6) is 0 Å². The molecule has 32 heteroatoms. The first-order chi connectivity index (χ1) is 42.4. The van der Waals surface area contributed by atoms with Crippen LogP contribution in [0.4, 0.5) is 10.6 Å². The van der Waals surface area contributed by atoms with E-state index in [4.69, 9.17) is 22.9 Å². The summed E-state index contributed by atoms with van der Waals surface area (Å²) in [5.74, 6) is -7.51. The van der Waals surface area contributed by atoms with Gasteiger partial charge in [0.15, 0.2) is 0 Å². The maximum absolute atomic E-state index is 14.0. The van der Waals surface area contributed by atoms with E-state index in [1.807, 2.05) is 11.8 Å². The van der Waals surface area contributed by atoms with Crippen LogP contribution >= 0.6 is 34.4 Å². The van der Waals surface area contributed by atoms with E-state index in [1.165, 1.54) is 68.8 Å². The molecule has 4 aromatic rings. The molecule has 2 aliphatic heterocycles. The number of hydrogen-bond donors (Lipinski definition) is 16. The van der Waals surface area contributed by atoms with E-state index in [0.29, 0.717) is 59.9 Å². The van der Waals surface area contributed by atoms with Crippen molar-refractivity contribution in [2.24, 2.45) is 29.0 Å². The average Bonchev–Trinajstić information content (AvgIpc) is 2.95. The largest absolute Gasteiger partial charge is 0.393 e. The molecule has 2 aliphatic rings. The second-order valence-electron chi connectivity index (χ2n) is 22.5. The van der Waals surface area contributed by atoms with Crippen molar-refractivity contribution in [3.05, 3.63) is 62.6 Å². The molecule has 2 saturated heterocycles. The third kappa shape index (κ3) is 21.2. The number of nitrogens with one attached hydrogen (secondary N) is 9. The van der Waals surface area contributed by atoms with Gasteiger partial charge in [0.1, 0.15) is 51.7 Å². The molecule has 2 fully saturated rings. The minimum Gasteiger partial charge on any atom is -0.393 e. The molecule has 4 aromatic heterocycles. The number of primary amides is 2. The molecule has 6 rings (SSSR count). The van der Waals surface area contributed by atoms with E-state index in [-0.39, 0.29) is 89.9 Å². The number of anilines is 1. The number of carbonyl (C=O) groups excluding carboxylic acids is 9. The standard InChI is InChI=1S/C57H85N17O12S3/c1-28(47(79)30(3)67-55(85)46(48(80)33-14-20-63-24-33)72-54(84)44-29(2)49(60)74-51(71-44)32(22-41(59)77)12-13-35(58)50(61)81)39(76)23-34(31(4)75)52(82)66-21-15-43-68-38(27-88-43)56-69-37(26-89-56)53(83)65-19-9-17-62-16-7-8-18-64-42(78)11-6-5-10-40-45-36(25-87-40)70-57(86)73-45/h14,20,24,26-28,30-32,34-36,40,45-48,62-63,75,79-80H,5-13,15-19,21-23,25,58H2,1-4H3,(H2,59,77)(H2,61,81)(H,64,78)(H,65,83)(H,66,82)(H,67,85)(H,72,84)(H2,60,71,74)(H2,70,73,86)/t28-,30-,31-,32+,34+,35+,36+,40+,45+,46+,47+,48+/m1/s1. The van der Waals surface area contributed by atoms with Gasteiger partial charge in [0, 0.05) is 102 Å². The number of amides is 9. The number of H-pyrrole nitrogens is 1. The normalized spacial score (nSPS) is 18.3. The van der Waals surface area contributed by atoms with Gasteiger partial charge in [-0.25, -0.2) is 24.7 Å². The zero-order valence-electron chi connectivity index (χ0n) is 50.4. The van der Waals surface area contributed by atoms with Crippen LogP contribution in [0.2, 0.25) is 0 Å². The molecule has 6 heterocycles. The number of aromatic nitrogens is 5. The van der Waals surface area contributed by atoms with Crippen LogP contribution < -0.4 is 65.5 Å². The van der Waals surface area contributed by atoms with Gasteiger partial charge in [-0.3, -0.25) is 38.4 Å². The molecule has 12 atom stereocenters. The number of urea groups is 1. The zero-order valence-corrected chi connectivity index (χ0v) is 52.8. The monoisotopic (exact) mass is 1300 g/mol. The second-order valence-corrected chi connectivity index (χ2v) is 25.6. The number of aromatic amines is 1. The Kier molecular flexibility index (Phi) is 27.6. The number of hydrogen-bond acceptors (Lipinski definition) is 22. The molecule has 0 unspecified atom stereocenters. The number of carbonyl (C=O) groups is 9. The Hall–Kier alpha value is -7.20. The Morgan fingerprint density at radius 3 is 2.26 bits per heavy atom. The number of Topliss-reactive ketones (excluding diaryl/α,β-unsaturated/α-hetero) is 1. The van der Waals surface area contributed by atoms with Gasteiger partial charge in [-0.1, -0.05) is 13.3 Å². The number of nitrogen functional groups attached to an aromatic ring is 1. The summed E-state index contributed by atoms with van der Waals surface area (Å²) in [4.78, 5) is 136. The maximum Gasteiger partial charge on any atom is 0.315 e. The number of thioether (sulfide) groups is 1. The molecular weight excluding hydrogens is 1210 g/mol. The minimum atomic E-state index is -1.74. The first kappa shape index (κ1) is 70.9. The van der Waals surface area contributed by atoms with E-state index in [9.17, 15) is 58.5 Å². The van der Waals surface area contributed by atoms with Crippen LogP contribution in [0, 0.1) is 18.8 Å². The highest BCUT2D eigenvalue weighted by molar-refractivity contribution is 8.00. The highest BCUT2D eigenvalue weighted by atomic mass is 32.2. The van der Waals surface area contributed by atoms with Crippen LogP contribution in [-0.2, 0) is 35.2 Å². The smallest absolute Gasteiger partial charge is 0.315 e. The molecule has 0 radical (unpaired) electrons. The molecule has 20 N–H and O–H groups in total. The number of nitrogens with two attached hydrogens (primary N) is 4. The lowest BCUT2D eigenvalue weighted by molar-refractivity contribution is -0.136. The van der Waals surface area contributed by atoms with Crippen LogP contribution in [0.15, 0.2) is 29.2 Å². The summed E-state index contributed by atoms with van der Waals surface area (Å²) in [7, 11) is 0. The number of nitrogens with zero attached hydrogens (tertiary/aromatic N) is 4. The fraction of sp³-hybridized carbons (Fsp3) is 0.596. The molecule has 0 saturated carbocycles. The molecule has 0 aromatic carbocycles. The number of aliphatic hydroxyl groups excluding tert-OH is 3. The fourth-order valence-electron chi connectivity index (χ4n) is 10.2. The van der Waals surface area contributed by atoms with E-state index in [0.717, 1.165) is 44.4 Å². The molecule has 89 heavy (non-hydrogen) atoms. The van der Waals surface area contributed by atoms with Gasteiger partial charge >= 0.3 is 6.03 Å². The van der Waals surface area contributed by atoms with E-state index in [2.05, 4.69) is 67.5 Å². The number of unbranched alkanes of at least 4 members (excludes halogenated alkanes) is 2. The summed E-state index contributed by atoms with van der Waals surface area (Å²) in [6, 6.07) is -2.21. The Morgan fingerprint density at radius 1 is 0.798 bits per heavy atom. The van der Waals surface area contributed by atoms with Gasteiger partial charge in [0.2, 0.25) is 29.5 Å². The van der Waals surface area contributed by atoms with Crippen molar-refractivity contribution < 1.29 is 58.5 Å². The molecule has 0 bridgehead atoms. The number of thiazole rings is 2. The summed E-state index contributed by atoms with van der Waals surface area (Å²) < 4.78 is 0. The Balaban J connectivity index is 0.893. The van der Waals surface area contributed by atoms with Crippen LogP contribution in [0.1, 0.15) is 146 Å². The Labute approximate surface area is 527 Å². The first-order valence-electron chi connectivity index (χ1n) is 29.8. The topological polar surface area (TPSA) is 482 Å². The first-order valence-corrected chi connectivity index (χ1v) is 32.6. The van der Waals surface area contributed by atoms with Gasteiger partial charge < -0.3 is 85.8 Å². The van der Waals surface area contributed by atoms with Gasteiger partial charge in [-0.05, 0) is 84.9 Å². The lowest BCUT2D eigenvalue weighted by atomic mass is 9.87. The van der Waals surface area contributed by atoms with Crippen molar-refractivity contribution in [2.75, 3.05) is 44.2 Å². The molecule has 9 amide bonds. The highest BCUT2D eigenvalue weighted by Gasteiger charge is 2.43. The van der Waals surface area contributed by atoms with Crippen molar-refractivity contribution in [3.8, 4) is 10.7 Å². The number of rotatable bonds is 39. The second kappa shape index (κ2) is 34.7. The number of fused-ring (bicyclic) bond motifs is 1. The van der Waals surface area contributed by atoms with Crippen molar-refractivity contribution in [1.82, 2.24) is 67.5 Å². The predicted octanol–water partition coefficient (Wildman–Crippen LogP) is -0.192. The predicted molar refractivity (Wildman–Crippen MR) is 335 cm³/mol. The number of ketones is 1. The summed E-state index contributed by atoms with van der Waals surface area (Å²) in [5, 5.41) is 61.6. The summed E-state index contributed by atoms with van der Waals surface area (Å²) in [6.45, 7) is 8.27. The van der Waals surface area contributed by atoms with Crippen LogP contribution in [0.25, 0.3) is 10.7 Å². The Bertz CT molecular complexity index is 3060. The van der Waals surface area contributed by atoms with E-state index >= 15 is 0 Å². The SMILES string of the molecule is Cc1c(N)nc([C@@H](CC[C@H](N)C(N)=O)CC(N)=O)nc1C(=O)N[C@H](C(=O)N[C@H](C)[C@@H](O)[C@H](C)C(=O)C[C@H](C(=O)NCCc1nc(-c2nc(C(=O)NCCCNCCCCNC(=O)CCCC[C@@H]3SC[C@@H]4NC(=O)N[C@@H]43)cs2)cs1)[C@@H](C)O)[C@@H](O)c1cc[nH]c1. The van der Waals surface area contributed by atoms with E-state index in [1.54, 1.807) is 10.8 Å². The van der Waals surface area contributed by atoms with Gasteiger partial charge in [0.25, 0.3) is 11.8 Å². The molecule has 0 aliphatic carbocycles. The van der Waals surface area contributed by atoms with Gasteiger partial charge in [0.05, 0.1) is 47.3 Å². The summed E-state index contributed by atoms with van der Waals surface area (Å²) in [6.07, 6.45) is 3.68. The zero-order chi connectivity index (χ0) is 64.9. The lowest BCUT2D eigenvalue weighted by Gasteiger charge is -2.29. The van der Waals surface area contributed by atoms with Crippen molar-refractivity contribution in [1.29, 1.82) is 0 Å². The third-order valence-corrected chi connectivity index (χ3v) is 18.9. The summed E-state index contributed by atoms with van der Waals surface area (Å²) in [5.41, 5.74) is 23.6. The van der Waals surface area contributed by atoms with Crippen LogP contribution in [-0.4, -0.2) is 180 Å². The van der Waals surface area contributed by atoms with Gasteiger partial charge in [-0.2, -0.15) is 11.8 Å². The number of aliphatic hydroxyl groups is 3. The molecular formula is C57H85N17O12S3. The highest BCUT2D eigenvalue weighted by Crippen LogP contribution is 2.34. The summed E-state index contributed by atoms with van der Waals surface area (Å²) >= 11 is 4.49. The average molecular weight is 1300 g/mol.